The Morgan fingerprint density at radius 2 is 2.06 bits per heavy atom. The molecule has 1 fully saturated rings. The molecule has 0 saturated heterocycles. The van der Waals surface area contributed by atoms with E-state index in [0.717, 1.165) is 5.92 Å². The lowest BCUT2D eigenvalue weighted by Gasteiger charge is -2.24. The van der Waals surface area contributed by atoms with Gasteiger partial charge in [0, 0.05) is 12.1 Å². The van der Waals surface area contributed by atoms with Crippen molar-refractivity contribution in [2.45, 2.75) is 77.3 Å². The van der Waals surface area contributed by atoms with E-state index in [1.165, 1.54) is 51.4 Å². The van der Waals surface area contributed by atoms with Crippen molar-refractivity contribution in [2.75, 3.05) is 6.61 Å². The first-order valence-corrected chi connectivity index (χ1v) is 7.14. The topological polar surface area (TPSA) is 32.3 Å². The fourth-order valence-corrected chi connectivity index (χ4v) is 2.85. The third-order valence-electron chi connectivity index (χ3n) is 3.86. The third kappa shape index (κ3) is 4.84. The van der Waals surface area contributed by atoms with Gasteiger partial charge in [0.15, 0.2) is 0 Å². The van der Waals surface area contributed by atoms with Crippen molar-refractivity contribution >= 4 is 0 Å². The van der Waals surface area contributed by atoms with Crippen molar-refractivity contribution in [3.05, 3.63) is 0 Å². The van der Waals surface area contributed by atoms with Crippen LogP contribution in [0.2, 0.25) is 0 Å². The van der Waals surface area contributed by atoms with Crippen molar-refractivity contribution in [2.24, 2.45) is 5.92 Å². The van der Waals surface area contributed by atoms with E-state index in [0.29, 0.717) is 6.04 Å². The molecule has 2 nitrogen and oxygen atoms in total. The van der Waals surface area contributed by atoms with Crippen LogP contribution < -0.4 is 5.32 Å². The van der Waals surface area contributed by atoms with E-state index in [-0.39, 0.29) is 12.6 Å². The van der Waals surface area contributed by atoms with Crippen LogP contribution in [0.25, 0.3) is 0 Å². The van der Waals surface area contributed by atoms with Gasteiger partial charge < -0.3 is 10.4 Å². The SMILES string of the molecule is CCCCCCC1CCCC1N[C@H](C)CO. The zero-order valence-electron chi connectivity index (χ0n) is 11.0. The number of hydrogen-bond donors (Lipinski definition) is 2. The summed E-state index contributed by atoms with van der Waals surface area (Å²) in [5, 5.41) is 12.6. The Bertz CT molecular complexity index is 172. The summed E-state index contributed by atoms with van der Waals surface area (Å²) in [7, 11) is 0. The lowest BCUT2D eigenvalue weighted by atomic mass is 9.95. The summed E-state index contributed by atoms with van der Waals surface area (Å²) >= 11 is 0. The molecule has 0 bridgehead atoms. The lowest BCUT2D eigenvalue weighted by Crippen LogP contribution is -2.40. The van der Waals surface area contributed by atoms with Gasteiger partial charge in [-0.25, -0.2) is 0 Å². The van der Waals surface area contributed by atoms with Crippen LogP contribution in [0.15, 0.2) is 0 Å². The largest absolute Gasteiger partial charge is 0.395 e. The van der Waals surface area contributed by atoms with E-state index in [2.05, 4.69) is 19.2 Å². The normalized spacial score (nSPS) is 27.2. The Morgan fingerprint density at radius 3 is 2.75 bits per heavy atom. The second-order valence-corrected chi connectivity index (χ2v) is 5.40. The average molecular weight is 227 g/mol. The van der Waals surface area contributed by atoms with Gasteiger partial charge in [-0.1, -0.05) is 39.0 Å². The Hall–Kier alpha value is -0.0800. The third-order valence-corrected chi connectivity index (χ3v) is 3.86. The molecule has 96 valence electrons. The Morgan fingerprint density at radius 1 is 1.25 bits per heavy atom. The van der Waals surface area contributed by atoms with E-state index in [1.54, 1.807) is 0 Å². The minimum atomic E-state index is 0.263. The van der Waals surface area contributed by atoms with Gasteiger partial charge in [-0.15, -0.1) is 0 Å². The van der Waals surface area contributed by atoms with Gasteiger partial charge in [-0.3, -0.25) is 0 Å². The molecular weight excluding hydrogens is 198 g/mol. The predicted octanol–water partition coefficient (Wildman–Crippen LogP) is 3.10. The zero-order chi connectivity index (χ0) is 11.8. The molecule has 0 amide bonds. The molecule has 1 saturated carbocycles. The highest BCUT2D eigenvalue weighted by Gasteiger charge is 2.27. The number of aliphatic hydroxyl groups is 1. The van der Waals surface area contributed by atoms with Crippen molar-refractivity contribution in [1.29, 1.82) is 0 Å². The molecule has 2 heteroatoms. The van der Waals surface area contributed by atoms with Crippen molar-refractivity contribution in [3.8, 4) is 0 Å². The van der Waals surface area contributed by atoms with E-state index >= 15 is 0 Å². The summed E-state index contributed by atoms with van der Waals surface area (Å²) in [6.07, 6.45) is 11.0. The molecule has 3 atom stereocenters. The number of nitrogens with one attached hydrogen (secondary N) is 1. The fourth-order valence-electron chi connectivity index (χ4n) is 2.85. The van der Waals surface area contributed by atoms with Crippen molar-refractivity contribution in [1.82, 2.24) is 5.32 Å². The molecule has 1 aliphatic rings. The van der Waals surface area contributed by atoms with Gasteiger partial charge in [0.05, 0.1) is 6.61 Å². The minimum absolute atomic E-state index is 0.263. The number of unbranched alkanes of at least 4 members (excludes halogenated alkanes) is 3. The minimum Gasteiger partial charge on any atom is -0.395 e. The molecule has 16 heavy (non-hydrogen) atoms. The van der Waals surface area contributed by atoms with Crippen LogP contribution in [0.1, 0.15) is 65.2 Å². The van der Waals surface area contributed by atoms with Crippen LogP contribution >= 0.6 is 0 Å². The lowest BCUT2D eigenvalue weighted by molar-refractivity contribution is 0.227. The molecular formula is C14H29NO. The zero-order valence-corrected chi connectivity index (χ0v) is 11.0. The monoisotopic (exact) mass is 227 g/mol. The molecule has 0 spiro atoms. The molecule has 0 aromatic heterocycles. The van der Waals surface area contributed by atoms with Crippen molar-refractivity contribution in [3.63, 3.8) is 0 Å². The molecule has 0 aliphatic heterocycles. The molecule has 1 rings (SSSR count). The predicted molar refractivity (Wildman–Crippen MR) is 69.6 cm³/mol. The molecule has 1 aliphatic carbocycles. The maximum atomic E-state index is 9.06. The second kappa shape index (κ2) is 8.08. The summed E-state index contributed by atoms with van der Waals surface area (Å²) in [5.41, 5.74) is 0. The van der Waals surface area contributed by atoms with Crippen LogP contribution in [0.4, 0.5) is 0 Å². The van der Waals surface area contributed by atoms with Gasteiger partial charge in [0.2, 0.25) is 0 Å². The fraction of sp³-hybridized carbons (Fsp3) is 1.00. The maximum Gasteiger partial charge on any atom is 0.0582 e. The van der Waals surface area contributed by atoms with Crippen LogP contribution in [0.3, 0.4) is 0 Å². The highest BCUT2D eigenvalue weighted by atomic mass is 16.3. The van der Waals surface area contributed by atoms with Crippen LogP contribution in [0, 0.1) is 5.92 Å². The number of hydrogen-bond acceptors (Lipinski definition) is 2. The summed E-state index contributed by atoms with van der Waals surface area (Å²) in [6, 6.07) is 0.935. The molecule has 2 unspecified atom stereocenters. The van der Waals surface area contributed by atoms with Crippen LogP contribution in [-0.2, 0) is 0 Å². The van der Waals surface area contributed by atoms with Gasteiger partial charge in [0.1, 0.15) is 0 Å². The van der Waals surface area contributed by atoms with Gasteiger partial charge in [0.25, 0.3) is 0 Å². The van der Waals surface area contributed by atoms with Crippen molar-refractivity contribution < 1.29 is 5.11 Å². The molecule has 0 aromatic carbocycles. The molecule has 0 aromatic rings. The van der Waals surface area contributed by atoms with Gasteiger partial charge in [-0.05, 0) is 32.1 Å². The summed E-state index contributed by atoms with van der Waals surface area (Å²) < 4.78 is 0. The summed E-state index contributed by atoms with van der Waals surface area (Å²) in [4.78, 5) is 0. The van der Waals surface area contributed by atoms with Gasteiger partial charge in [-0.2, -0.15) is 0 Å². The van der Waals surface area contributed by atoms with E-state index < -0.39 is 0 Å². The standard InChI is InChI=1S/C14H29NO/c1-3-4-5-6-8-13-9-7-10-14(13)15-12(2)11-16/h12-16H,3-11H2,1-2H3/t12-,13?,14?/m1/s1. The van der Waals surface area contributed by atoms with E-state index in [9.17, 15) is 0 Å². The summed E-state index contributed by atoms with van der Waals surface area (Å²) in [5.74, 6) is 0.867. The Balaban J connectivity index is 2.18. The second-order valence-electron chi connectivity index (χ2n) is 5.40. The van der Waals surface area contributed by atoms with E-state index in [4.69, 9.17) is 5.11 Å². The highest BCUT2D eigenvalue weighted by molar-refractivity contribution is 4.84. The Kier molecular flexibility index (Phi) is 7.06. The first-order chi connectivity index (χ1) is 7.77. The smallest absolute Gasteiger partial charge is 0.0582 e. The van der Waals surface area contributed by atoms with E-state index in [1.807, 2.05) is 0 Å². The number of aliphatic hydroxyl groups excluding tert-OH is 1. The number of rotatable bonds is 8. The molecule has 0 heterocycles. The maximum absolute atomic E-state index is 9.06. The quantitative estimate of drug-likeness (QED) is 0.625. The van der Waals surface area contributed by atoms with Crippen LogP contribution in [-0.4, -0.2) is 23.8 Å². The average Bonchev–Trinajstić information content (AvgIpc) is 2.72. The first-order valence-electron chi connectivity index (χ1n) is 7.14. The Labute approximate surface area is 101 Å². The highest BCUT2D eigenvalue weighted by Crippen LogP contribution is 2.30. The van der Waals surface area contributed by atoms with Crippen LogP contribution in [0.5, 0.6) is 0 Å². The molecule has 0 radical (unpaired) electrons. The first kappa shape index (κ1) is 14.0. The van der Waals surface area contributed by atoms with Gasteiger partial charge >= 0.3 is 0 Å². The summed E-state index contributed by atoms with van der Waals surface area (Å²) in [6.45, 7) is 4.61. The molecule has 2 N–H and O–H groups in total.